The van der Waals surface area contributed by atoms with E-state index in [1.807, 2.05) is 0 Å². The lowest BCUT2D eigenvalue weighted by atomic mass is 9.88. The van der Waals surface area contributed by atoms with Gasteiger partial charge in [0.25, 0.3) is 5.91 Å². The summed E-state index contributed by atoms with van der Waals surface area (Å²) in [5, 5.41) is 7.06. The van der Waals surface area contributed by atoms with Crippen molar-refractivity contribution in [3.05, 3.63) is 65.4 Å². The summed E-state index contributed by atoms with van der Waals surface area (Å²) in [5.41, 5.74) is -0.727. The van der Waals surface area contributed by atoms with E-state index in [0.717, 1.165) is 22.8 Å². The van der Waals surface area contributed by atoms with Crippen LogP contribution >= 0.6 is 0 Å². The molecule has 3 aliphatic rings. The molecule has 1 unspecified atom stereocenters. The van der Waals surface area contributed by atoms with E-state index in [-0.39, 0.29) is 41.9 Å². The lowest BCUT2D eigenvalue weighted by molar-refractivity contribution is -0.138. The molecule has 2 amide bonds. The van der Waals surface area contributed by atoms with Gasteiger partial charge in [0.15, 0.2) is 5.65 Å². The Morgan fingerprint density at radius 1 is 1.16 bits per heavy atom. The molecule has 2 aromatic heterocycles. The van der Waals surface area contributed by atoms with E-state index in [1.165, 1.54) is 17.0 Å². The highest BCUT2D eigenvalue weighted by Crippen LogP contribution is 2.46. The first-order chi connectivity index (χ1) is 17.6. The van der Waals surface area contributed by atoms with E-state index >= 15 is 0 Å². The number of ether oxygens (including phenoxy) is 1. The van der Waals surface area contributed by atoms with Gasteiger partial charge >= 0.3 is 6.18 Å². The molecule has 1 N–H and O–H groups in total. The first kappa shape index (κ1) is 23.8. The molecule has 2 aliphatic heterocycles. The van der Waals surface area contributed by atoms with Crippen LogP contribution in [-0.2, 0) is 21.2 Å². The topological polar surface area (TPSA) is 88.8 Å². The van der Waals surface area contributed by atoms with Crippen LogP contribution in [0.1, 0.15) is 47.4 Å². The third-order valence-electron chi connectivity index (χ3n) is 7.48. The molecule has 0 spiro atoms. The van der Waals surface area contributed by atoms with Crippen molar-refractivity contribution in [2.45, 2.75) is 49.5 Å². The fourth-order valence-corrected chi connectivity index (χ4v) is 5.37. The normalized spacial score (nSPS) is 24.6. The lowest BCUT2D eigenvalue weighted by Crippen LogP contribution is -2.56. The minimum atomic E-state index is -4.56. The van der Waals surface area contributed by atoms with E-state index in [2.05, 4.69) is 15.4 Å². The average Bonchev–Trinajstić information content (AvgIpc) is 3.28. The van der Waals surface area contributed by atoms with Gasteiger partial charge in [0.2, 0.25) is 11.7 Å². The smallest absolute Gasteiger partial charge is 0.376 e. The highest BCUT2D eigenvalue weighted by molar-refractivity contribution is 5.92. The van der Waals surface area contributed by atoms with Crippen molar-refractivity contribution in [2.75, 3.05) is 13.2 Å². The van der Waals surface area contributed by atoms with Crippen molar-refractivity contribution in [1.82, 2.24) is 24.8 Å². The maximum absolute atomic E-state index is 13.8. The zero-order valence-electron chi connectivity index (χ0n) is 19.5. The zero-order valence-corrected chi connectivity index (χ0v) is 19.5. The van der Waals surface area contributed by atoms with Crippen LogP contribution in [0.2, 0.25) is 0 Å². The second-order valence-corrected chi connectivity index (χ2v) is 9.89. The molecule has 3 aromatic rings. The molecule has 1 aliphatic carbocycles. The van der Waals surface area contributed by atoms with Crippen molar-refractivity contribution in [2.24, 2.45) is 5.92 Å². The monoisotopic (exact) mass is 517 g/mol. The van der Waals surface area contributed by atoms with E-state index < -0.39 is 29.1 Å². The Kier molecular flexibility index (Phi) is 5.48. The number of alkyl halides is 3. The van der Waals surface area contributed by atoms with Crippen LogP contribution < -0.4 is 5.32 Å². The number of likely N-dealkylation sites (tertiary alicyclic amines) is 1. The number of hydrogen-bond donors (Lipinski definition) is 1. The summed E-state index contributed by atoms with van der Waals surface area (Å²) < 4.78 is 59.8. The molecule has 8 nitrogen and oxygen atoms in total. The number of halogens is 4. The molecule has 2 saturated heterocycles. The number of pyridine rings is 1. The Labute approximate surface area is 208 Å². The SMILES string of the molecule is O=C(NC1(c2cccc(F)c2)CC1)C1C[C@@H]2OCC[C@@H]2N(C(=O)c2nc3ccc(C(F)(F)F)cn3n2)C1. The summed E-state index contributed by atoms with van der Waals surface area (Å²) in [5.74, 6) is -2.03. The maximum atomic E-state index is 13.8. The van der Waals surface area contributed by atoms with Crippen molar-refractivity contribution < 1.29 is 31.9 Å². The number of carbonyl (C=O) groups excluding carboxylic acids is 2. The number of piperidine rings is 1. The third-order valence-corrected chi connectivity index (χ3v) is 7.48. The molecule has 1 saturated carbocycles. The van der Waals surface area contributed by atoms with Crippen LogP contribution in [0.4, 0.5) is 17.6 Å². The molecule has 0 bridgehead atoms. The highest BCUT2D eigenvalue weighted by Gasteiger charge is 2.50. The molecule has 3 atom stereocenters. The Morgan fingerprint density at radius 3 is 2.70 bits per heavy atom. The second-order valence-electron chi connectivity index (χ2n) is 9.89. The fourth-order valence-electron chi connectivity index (χ4n) is 5.37. The van der Waals surface area contributed by atoms with E-state index in [4.69, 9.17) is 4.74 Å². The molecule has 4 heterocycles. The van der Waals surface area contributed by atoms with Gasteiger partial charge in [-0.25, -0.2) is 13.9 Å². The maximum Gasteiger partial charge on any atom is 0.417 e. The minimum Gasteiger partial charge on any atom is -0.376 e. The zero-order chi connectivity index (χ0) is 25.9. The summed E-state index contributed by atoms with van der Waals surface area (Å²) in [6.07, 6.45) is -1.76. The number of rotatable bonds is 4. The van der Waals surface area contributed by atoms with Gasteiger partial charge in [0, 0.05) is 19.3 Å². The lowest BCUT2D eigenvalue weighted by Gasteiger charge is -2.40. The first-order valence-corrected chi connectivity index (χ1v) is 12.1. The van der Waals surface area contributed by atoms with Gasteiger partial charge in [0.05, 0.1) is 29.2 Å². The predicted molar refractivity (Wildman–Crippen MR) is 121 cm³/mol. The molecule has 12 heteroatoms. The highest BCUT2D eigenvalue weighted by atomic mass is 19.4. The third kappa shape index (κ3) is 4.32. The van der Waals surface area contributed by atoms with E-state index in [0.29, 0.717) is 37.9 Å². The molecule has 6 rings (SSSR count). The first-order valence-electron chi connectivity index (χ1n) is 12.1. The largest absolute Gasteiger partial charge is 0.417 e. The summed E-state index contributed by atoms with van der Waals surface area (Å²) in [7, 11) is 0. The molecule has 0 radical (unpaired) electrons. The summed E-state index contributed by atoms with van der Waals surface area (Å²) in [6.45, 7) is 0.520. The number of nitrogens with one attached hydrogen (secondary N) is 1. The number of aromatic nitrogens is 3. The number of hydrogen-bond acceptors (Lipinski definition) is 5. The summed E-state index contributed by atoms with van der Waals surface area (Å²) >= 11 is 0. The van der Waals surface area contributed by atoms with Gasteiger partial charge in [-0.3, -0.25) is 9.59 Å². The van der Waals surface area contributed by atoms with Crippen molar-refractivity contribution in [3.63, 3.8) is 0 Å². The van der Waals surface area contributed by atoms with Gasteiger partial charge < -0.3 is 15.0 Å². The number of benzene rings is 1. The van der Waals surface area contributed by atoms with Crippen molar-refractivity contribution in [3.8, 4) is 0 Å². The molecule has 194 valence electrons. The predicted octanol–water partition coefficient (Wildman–Crippen LogP) is 3.31. The molecular weight excluding hydrogens is 494 g/mol. The number of nitrogens with zero attached hydrogens (tertiary/aromatic N) is 4. The van der Waals surface area contributed by atoms with Gasteiger partial charge in [-0.1, -0.05) is 12.1 Å². The van der Waals surface area contributed by atoms with Crippen molar-refractivity contribution in [1.29, 1.82) is 0 Å². The molecule has 37 heavy (non-hydrogen) atoms. The van der Waals surface area contributed by atoms with Crippen LogP contribution in [0, 0.1) is 11.7 Å². The van der Waals surface area contributed by atoms with Crippen LogP contribution in [0.3, 0.4) is 0 Å². The standard InChI is InChI=1S/C25H23F4N5O3/c26-17-3-1-2-15(11-17)24(7-8-24)31-22(35)14-10-19-18(6-9-37-19)33(12-14)23(36)21-30-20-5-4-16(25(27,28)29)13-34(20)32-21/h1-5,11,13-14,18-19H,6-10,12H2,(H,31,35)/t14?,18-,19-/m0/s1. The van der Waals surface area contributed by atoms with Crippen LogP contribution in [-0.4, -0.2) is 56.6 Å². The van der Waals surface area contributed by atoms with Gasteiger partial charge in [-0.2, -0.15) is 13.2 Å². The van der Waals surface area contributed by atoms with Crippen molar-refractivity contribution >= 4 is 17.5 Å². The Bertz CT molecular complexity index is 1390. The molecule has 3 fully saturated rings. The quantitative estimate of drug-likeness (QED) is 0.537. The van der Waals surface area contributed by atoms with Crippen LogP contribution in [0.5, 0.6) is 0 Å². The average molecular weight is 517 g/mol. The number of amides is 2. The Hall–Kier alpha value is -3.54. The molecule has 1 aromatic carbocycles. The second kappa shape index (κ2) is 8.51. The minimum absolute atomic E-state index is 0.0950. The van der Waals surface area contributed by atoms with Gasteiger partial charge in [0.1, 0.15) is 5.82 Å². The van der Waals surface area contributed by atoms with E-state index in [1.54, 1.807) is 12.1 Å². The van der Waals surface area contributed by atoms with Crippen LogP contribution in [0.15, 0.2) is 42.6 Å². The van der Waals surface area contributed by atoms with Gasteiger partial charge in [-0.05, 0) is 55.5 Å². The number of fused-ring (bicyclic) bond motifs is 2. The summed E-state index contributed by atoms with van der Waals surface area (Å²) in [4.78, 5) is 32.4. The van der Waals surface area contributed by atoms with Crippen LogP contribution in [0.25, 0.3) is 5.65 Å². The fraction of sp³-hybridized carbons (Fsp3) is 0.440. The van der Waals surface area contributed by atoms with Gasteiger partial charge in [-0.15, -0.1) is 5.10 Å². The Balaban J connectivity index is 1.23. The molecular formula is C25H23F4N5O3. The Morgan fingerprint density at radius 2 is 1.97 bits per heavy atom. The number of carbonyl (C=O) groups is 2. The van der Waals surface area contributed by atoms with E-state index in [9.17, 15) is 27.2 Å². The summed E-state index contributed by atoms with van der Waals surface area (Å²) in [6, 6.07) is 7.90.